The topological polar surface area (TPSA) is 57.6 Å². The molecule has 0 saturated carbocycles. The number of Topliss-reactive ketones (excluding diaryl/α,β-unsaturated/α-hetero) is 1. The van der Waals surface area contributed by atoms with Crippen LogP contribution in [-0.4, -0.2) is 23.3 Å². The van der Waals surface area contributed by atoms with Crippen molar-refractivity contribution >= 4 is 40.3 Å². The Morgan fingerprint density at radius 1 is 1.35 bits per heavy atom. The highest BCUT2D eigenvalue weighted by atomic mass is 35.5. The third-order valence-electron chi connectivity index (χ3n) is 3.82. The van der Waals surface area contributed by atoms with Gasteiger partial charge in [-0.3, -0.25) is 9.59 Å². The van der Waals surface area contributed by atoms with Crippen LogP contribution >= 0.6 is 22.9 Å². The number of benzene rings is 1. The van der Waals surface area contributed by atoms with Crippen molar-refractivity contribution in [2.45, 2.75) is 12.0 Å². The maximum atomic E-state index is 12.7. The summed E-state index contributed by atoms with van der Waals surface area (Å²) in [6, 6.07) is 10.2. The molecule has 0 radical (unpaired) electrons. The second kappa shape index (κ2) is 5.92. The van der Waals surface area contributed by atoms with Crippen molar-refractivity contribution < 1.29 is 14.7 Å². The molecule has 1 amide bonds. The summed E-state index contributed by atoms with van der Waals surface area (Å²) in [6.45, 7) is 3.91. The zero-order chi connectivity index (χ0) is 16.6. The molecule has 6 heteroatoms. The van der Waals surface area contributed by atoms with Crippen molar-refractivity contribution in [3.63, 3.8) is 0 Å². The standard InChI is InChI=1S/C17H14ClNO3S/c1-2-9-19-12-6-4-3-5-11(12)17(22,16(19)21)10-13(20)14-7-8-15(18)23-14/h2-8,22H,1,9-10H2/t17-/m0/s1. The molecule has 0 aliphatic carbocycles. The van der Waals surface area contributed by atoms with E-state index in [0.29, 0.717) is 20.5 Å². The van der Waals surface area contributed by atoms with E-state index in [1.807, 2.05) is 0 Å². The summed E-state index contributed by atoms with van der Waals surface area (Å²) in [6.07, 6.45) is 1.27. The zero-order valence-electron chi connectivity index (χ0n) is 12.2. The molecule has 118 valence electrons. The van der Waals surface area contributed by atoms with Gasteiger partial charge in [-0.25, -0.2) is 0 Å². The number of thiophene rings is 1. The van der Waals surface area contributed by atoms with Gasteiger partial charge in [0.25, 0.3) is 5.91 Å². The summed E-state index contributed by atoms with van der Waals surface area (Å²) in [4.78, 5) is 27.0. The Kier molecular flexibility index (Phi) is 4.10. The Bertz CT molecular complexity index is 801. The SMILES string of the molecule is C=CCN1C(=O)[C@](O)(CC(=O)c2ccc(Cl)s2)c2ccccc21. The number of nitrogens with zero attached hydrogens (tertiary/aromatic N) is 1. The molecule has 2 heterocycles. The van der Waals surface area contributed by atoms with Gasteiger partial charge in [-0.05, 0) is 18.2 Å². The van der Waals surface area contributed by atoms with Gasteiger partial charge in [-0.2, -0.15) is 0 Å². The quantitative estimate of drug-likeness (QED) is 0.666. The number of aliphatic hydroxyl groups is 1. The minimum Gasteiger partial charge on any atom is -0.375 e. The number of ketones is 1. The Hall–Kier alpha value is -1.95. The van der Waals surface area contributed by atoms with Gasteiger partial charge >= 0.3 is 0 Å². The highest BCUT2D eigenvalue weighted by Crippen LogP contribution is 2.43. The minimum atomic E-state index is -1.85. The van der Waals surface area contributed by atoms with Crippen LogP contribution in [0.2, 0.25) is 4.34 Å². The molecule has 1 aromatic carbocycles. The summed E-state index contributed by atoms with van der Waals surface area (Å²) >= 11 is 6.98. The van der Waals surface area contributed by atoms with E-state index in [0.717, 1.165) is 11.3 Å². The molecule has 0 saturated heterocycles. The first-order chi connectivity index (χ1) is 11.0. The molecule has 1 aliphatic rings. The number of hydrogen-bond acceptors (Lipinski definition) is 4. The fourth-order valence-electron chi connectivity index (χ4n) is 2.77. The molecule has 1 atom stereocenters. The van der Waals surface area contributed by atoms with Gasteiger partial charge in [-0.1, -0.05) is 35.9 Å². The molecule has 1 N–H and O–H groups in total. The Balaban J connectivity index is 1.98. The largest absolute Gasteiger partial charge is 0.375 e. The second-order valence-corrected chi connectivity index (χ2v) is 7.00. The lowest BCUT2D eigenvalue weighted by atomic mass is 9.89. The molecule has 4 nitrogen and oxygen atoms in total. The highest BCUT2D eigenvalue weighted by Gasteiger charge is 2.50. The molecule has 0 fully saturated rings. The normalized spacial score (nSPS) is 19.7. The average Bonchev–Trinajstić information content (AvgIpc) is 3.05. The lowest BCUT2D eigenvalue weighted by molar-refractivity contribution is -0.135. The van der Waals surface area contributed by atoms with Gasteiger partial charge in [0.05, 0.1) is 21.3 Å². The number of halogens is 1. The van der Waals surface area contributed by atoms with Crippen LogP contribution in [0.1, 0.15) is 21.7 Å². The fraction of sp³-hybridized carbons (Fsp3) is 0.176. The smallest absolute Gasteiger partial charge is 0.264 e. The number of carbonyl (C=O) groups is 2. The molecule has 0 unspecified atom stereocenters. The molecule has 0 bridgehead atoms. The predicted octanol–water partition coefficient (Wildman–Crippen LogP) is 3.39. The van der Waals surface area contributed by atoms with Crippen molar-refractivity contribution in [1.82, 2.24) is 0 Å². The van der Waals surface area contributed by atoms with E-state index in [-0.39, 0.29) is 18.7 Å². The third-order valence-corrected chi connectivity index (χ3v) is 5.09. The van der Waals surface area contributed by atoms with Crippen LogP contribution in [-0.2, 0) is 10.4 Å². The van der Waals surface area contributed by atoms with Crippen LogP contribution in [0.15, 0.2) is 49.1 Å². The second-order valence-electron chi connectivity index (χ2n) is 5.29. The summed E-state index contributed by atoms with van der Waals surface area (Å²) < 4.78 is 0.492. The number of amides is 1. The lowest BCUT2D eigenvalue weighted by Crippen LogP contribution is -2.41. The van der Waals surface area contributed by atoms with Crippen molar-refractivity contribution in [1.29, 1.82) is 0 Å². The summed E-state index contributed by atoms with van der Waals surface area (Å²) in [5.74, 6) is -0.817. The van der Waals surface area contributed by atoms with E-state index in [9.17, 15) is 14.7 Å². The van der Waals surface area contributed by atoms with Crippen molar-refractivity contribution in [2.24, 2.45) is 0 Å². The molecule has 1 aliphatic heterocycles. The van der Waals surface area contributed by atoms with Crippen molar-refractivity contribution in [2.75, 3.05) is 11.4 Å². The maximum absolute atomic E-state index is 12.7. The molecular formula is C17H14ClNO3S. The Morgan fingerprint density at radius 2 is 2.09 bits per heavy atom. The maximum Gasteiger partial charge on any atom is 0.264 e. The Labute approximate surface area is 142 Å². The van der Waals surface area contributed by atoms with E-state index >= 15 is 0 Å². The van der Waals surface area contributed by atoms with Crippen LogP contribution in [0.25, 0.3) is 0 Å². The number of hydrogen-bond donors (Lipinski definition) is 1. The van der Waals surface area contributed by atoms with Crippen molar-refractivity contribution in [3.05, 3.63) is 63.8 Å². The molecule has 2 aromatic rings. The number of carbonyl (C=O) groups excluding carboxylic acids is 2. The van der Waals surface area contributed by atoms with Gasteiger partial charge in [0, 0.05) is 12.1 Å². The van der Waals surface area contributed by atoms with Crippen LogP contribution in [0.5, 0.6) is 0 Å². The molecule has 23 heavy (non-hydrogen) atoms. The van der Waals surface area contributed by atoms with E-state index in [2.05, 4.69) is 6.58 Å². The van der Waals surface area contributed by atoms with Gasteiger partial charge in [0.1, 0.15) is 0 Å². The summed E-state index contributed by atoms with van der Waals surface area (Å²) in [5, 5.41) is 11.0. The number of rotatable bonds is 5. The fourth-order valence-corrected chi connectivity index (χ4v) is 3.75. The molecule has 0 spiro atoms. The van der Waals surface area contributed by atoms with Gasteiger partial charge in [0.2, 0.25) is 0 Å². The Morgan fingerprint density at radius 3 is 2.74 bits per heavy atom. The predicted molar refractivity (Wildman–Crippen MR) is 91.2 cm³/mol. The van der Waals surface area contributed by atoms with Crippen LogP contribution in [0.3, 0.4) is 0 Å². The molecular weight excluding hydrogens is 334 g/mol. The number of para-hydroxylation sites is 1. The lowest BCUT2D eigenvalue weighted by Gasteiger charge is -2.21. The third kappa shape index (κ3) is 2.61. The van der Waals surface area contributed by atoms with Crippen molar-refractivity contribution in [3.8, 4) is 0 Å². The minimum absolute atomic E-state index is 0.275. The summed E-state index contributed by atoms with van der Waals surface area (Å²) in [7, 11) is 0. The number of fused-ring (bicyclic) bond motifs is 1. The van der Waals surface area contributed by atoms with Gasteiger partial charge < -0.3 is 10.0 Å². The molecule has 1 aromatic heterocycles. The zero-order valence-corrected chi connectivity index (χ0v) is 13.7. The first kappa shape index (κ1) is 15.9. The van der Waals surface area contributed by atoms with E-state index in [4.69, 9.17) is 11.6 Å². The average molecular weight is 348 g/mol. The summed E-state index contributed by atoms with van der Waals surface area (Å²) in [5.41, 5.74) is -0.799. The number of anilines is 1. The van der Waals surface area contributed by atoms with Gasteiger partial charge in [-0.15, -0.1) is 17.9 Å². The van der Waals surface area contributed by atoms with Crippen LogP contribution in [0.4, 0.5) is 5.69 Å². The first-order valence-electron chi connectivity index (χ1n) is 7.00. The molecule has 3 rings (SSSR count). The van der Waals surface area contributed by atoms with Gasteiger partial charge in [0.15, 0.2) is 11.4 Å². The van der Waals surface area contributed by atoms with E-state index in [1.54, 1.807) is 42.5 Å². The van der Waals surface area contributed by atoms with Crippen LogP contribution in [0, 0.1) is 0 Å². The first-order valence-corrected chi connectivity index (χ1v) is 8.20. The highest BCUT2D eigenvalue weighted by molar-refractivity contribution is 7.18. The van der Waals surface area contributed by atoms with E-state index in [1.165, 1.54) is 4.90 Å². The van der Waals surface area contributed by atoms with E-state index < -0.39 is 11.5 Å². The monoisotopic (exact) mass is 347 g/mol. The van der Waals surface area contributed by atoms with Crippen LogP contribution < -0.4 is 4.90 Å².